The first-order valence-electron chi connectivity index (χ1n) is 11.0. The molecule has 7 heteroatoms. The molecule has 0 spiro atoms. The van der Waals surface area contributed by atoms with Gasteiger partial charge < -0.3 is 14.6 Å². The Labute approximate surface area is 203 Å². The highest BCUT2D eigenvalue weighted by molar-refractivity contribution is 6.51. The number of hydrogen-bond donors (Lipinski definition) is 1. The Morgan fingerprint density at radius 2 is 1.69 bits per heavy atom. The van der Waals surface area contributed by atoms with E-state index in [1.54, 1.807) is 48.5 Å². The van der Waals surface area contributed by atoms with E-state index in [2.05, 4.69) is 0 Å². The molecule has 0 aromatic heterocycles. The lowest BCUT2D eigenvalue weighted by molar-refractivity contribution is -0.139. The smallest absolute Gasteiger partial charge is 0.309 e. The van der Waals surface area contributed by atoms with E-state index in [0.717, 1.165) is 5.56 Å². The molecule has 1 saturated heterocycles. The molecule has 35 heavy (non-hydrogen) atoms. The molecule has 178 valence electrons. The topological polar surface area (TPSA) is 93.1 Å². The number of hydrogen-bond acceptors (Lipinski definition) is 6. The van der Waals surface area contributed by atoms with E-state index in [0.29, 0.717) is 28.1 Å². The van der Waals surface area contributed by atoms with Crippen molar-refractivity contribution in [2.45, 2.75) is 19.4 Å². The fourth-order valence-corrected chi connectivity index (χ4v) is 4.19. The van der Waals surface area contributed by atoms with Crippen molar-refractivity contribution in [2.24, 2.45) is 0 Å². The normalized spacial score (nSPS) is 16.9. The number of aryl methyl sites for hydroxylation is 1. The van der Waals surface area contributed by atoms with Gasteiger partial charge in [-0.05, 0) is 42.3 Å². The van der Waals surface area contributed by atoms with Crippen LogP contribution in [-0.2, 0) is 25.5 Å². The van der Waals surface area contributed by atoms with Crippen LogP contribution in [0.5, 0.6) is 5.75 Å². The third-order valence-corrected chi connectivity index (χ3v) is 5.94. The van der Waals surface area contributed by atoms with Gasteiger partial charge in [-0.3, -0.25) is 19.3 Å². The lowest BCUT2D eigenvalue weighted by atomic mass is 9.94. The minimum Gasteiger partial charge on any atom is -0.507 e. The Morgan fingerprint density at radius 3 is 2.34 bits per heavy atom. The molecule has 0 saturated carbocycles. The third kappa shape index (κ3) is 4.66. The molecule has 1 amide bonds. The van der Waals surface area contributed by atoms with Crippen molar-refractivity contribution in [3.63, 3.8) is 0 Å². The molecular weight excluding hydrogens is 446 g/mol. The number of carbonyl (C=O) groups is 3. The van der Waals surface area contributed by atoms with E-state index in [1.807, 2.05) is 31.2 Å². The lowest BCUT2D eigenvalue weighted by Crippen LogP contribution is -2.29. The Bertz CT molecular complexity index is 1330. The fraction of sp³-hybridized carbons (Fsp3) is 0.179. The average molecular weight is 472 g/mol. The van der Waals surface area contributed by atoms with E-state index in [1.165, 1.54) is 19.1 Å². The van der Waals surface area contributed by atoms with Gasteiger partial charge in [0, 0.05) is 11.3 Å². The van der Waals surface area contributed by atoms with Crippen LogP contribution in [0.2, 0.25) is 0 Å². The van der Waals surface area contributed by atoms with Crippen LogP contribution in [0.3, 0.4) is 0 Å². The highest BCUT2D eigenvalue weighted by atomic mass is 16.5. The number of carbonyl (C=O) groups excluding carboxylic acids is 3. The molecule has 1 aliphatic heterocycles. The number of Topliss-reactive ketones (excluding diaryl/α,β-unsaturated/α-hetero) is 1. The first-order chi connectivity index (χ1) is 16.8. The molecule has 0 bridgehead atoms. The molecule has 0 aliphatic carbocycles. The van der Waals surface area contributed by atoms with Crippen molar-refractivity contribution >= 4 is 29.1 Å². The van der Waals surface area contributed by atoms with Crippen LogP contribution in [0.4, 0.5) is 5.69 Å². The van der Waals surface area contributed by atoms with Gasteiger partial charge in [-0.2, -0.15) is 0 Å². The summed E-state index contributed by atoms with van der Waals surface area (Å²) in [5.74, 6) is -1.68. The molecule has 4 rings (SSSR count). The van der Waals surface area contributed by atoms with Crippen molar-refractivity contribution in [2.75, 3.05) is 19.1 Å². The molecule has 0 radical (unpaired) electrons. The SMILES string of the molecule is COC(=O)Cc1ccc(N2C(=O)C(=O)/C(=C(\O)c3cccc(OC)c3)C2c2cccc(C)c2)cc1. The number of esters is 1. The Morgan fingerprint density at radius 1 is 0.971 bits per heavy atom. The second-order valence-corrected chi connectivity index (χ2v) is 8.23. The highest BCUT2D eigenvalue weighted by Crippen LogP contribution is 2.42. The van der Waals surface area contributed by atoms with E-state index in [4.69, 9.17) is 9.47 Å². The van der Waals surface area contributed by atoms with Crippen LogP contribution in [0.25, 0.3) is 5.76 Å². The predicted molar refractivity (Wildman–Crippen MR) is 131 cm³/mol. The molecular formula is C28H25NO6. The van der Waals surface area contributed by atoms with Crippen LogP contribution in [0.1, 0.15) is 28.3 Å². The van der Waals surface area contributed by atoms with Crippen molar-refractivity contribution < 1.29 is 29.0 Å². The molecule has 1 aliphatic rings. The van der Waals surface area contributed by atoms with Gasteiger partial charge in [0.05, 0.1) is 32.3 Å². The molecule has 7 nitrogen and oxygen atoms in total. The largest absolute Gasteiger partial charge is 0.507 e. The number of nitrogens with zero attached hydrogens (tertiary/aromatic N) is 1. The van der Waals surface area contributed by atoms with Gasteiger partial charge in [-0.15, -0.1) is 0 Å². The number of benzene rings is 3. The summed E-state index contributed by atoms with van der Waals surface area (Å²) >= 11 is 0. The maximum Gasteiger partial charge on any atom is 0.309 e. The fourth-order valence-electron chi connectivity index (χ4n) is 4.19. The van der Waals surface area contributed by atoms with Gasteiger partial charge >= 0.3 is 5.97 Å². The number of amides is 1. The van der Waals surface area contributed by atoms with Gasteiger partial charge in [0.25, 0.3) is 11.7 Å². The van der Waals surface area contributed by atoms with Crippen LogP contribution in [0, 0.1) is 6.92 Å². The number of aliphatic hydroxyl groups is 1. The second kappa shape index (κ2) is 9.85. The van der Waals surface area contributed by atoms with Crippen molar-refractivity contribution in [1.82, 2.24) is 0 Å². The molecule has 3 aromatic rings. The van der Waals surface area contributed by atoms with Gasteiger partial charge in [0.1, 0.15) is 11.5 Å². The minimum absolute atomic E-state index is 0.00695. The minimum atomic E-state index is -0.840. The van der Waals surface area contributed by atoms with E-state index in [-0.39, 0.29) is 23.7 Å². The summed E-state index contributed by atoms with van der Waals surface area (Å²) in [5.41, 5.74) is 3.17. The maximum absolute atomic E-state index is 13.3. The maximum atomic E-state index is 13.3. The molecule has 1 N–H and O–H groups in total. The quantitative estimate of drug-likeness (QED) is 0.249. The van der Waals surface area contributed by atoms with Gasteiger partial charge in [-0.1, -0.05) is 54.1 Å². The van der Waals surface area contributed by atoms with Gasteiger partial charge in [0.15, 0.2) is 0 Å². The third-order valence-electron chi connectivity index (χ3n) is 5.94. The lowest BCUT2D eigenvalue weighted by Gasteiger charge is -2.26. The molecule has 3 aromatic carbocycles. The molecule has 1 heterocycles. The summed E-state index contributed by atoms with van der Waals surface area (Å²) in [7, 11) is 2.83. The summed E-state index contributed by atoms with van der Waals surface area (Å²) in [6, 6.07) is 20.1. The van der Waals surface area contributed by atoms with E-state index >= 15 is 0 Å². The number of anilines is 1. The first kappa shape index (κ1) is 23.8. The van der Waals surface area contributed by atoms with Crippen LogP contribution >= 0.6 is 0 Å². The first-order valence-corrected chi connectivity index (χ1v) is 11.0. The second-order valence-electron chi connectivity index (χ2n) is 8.23. The molecule has 1 fully saturated rings. The number of ether oxygens (including phenoxy) is 2. The van der Waals surface area contributed by atoms with Crippen LogP contribution in [-0.4, -0.2) is 37.0 Å². The van der Waals surface area contributed by atoms with Gasteiger partial charge in [-0.25, -0.2) is 0 Å². The zero-order valence-electron chi connectivity index (χ0n) is 19.6. The predicted octanol–water partition coefficient (Wildman–Crippen LogP) is 4.35. The number of rotatable bonds is 6. The van der Waals surface area contributed by atoms with E-state index in [9.17, 15) is 19.5 Å². The zero-order valence-corrected chi connectivity index (χ0v) is 19.6. The monoisotopic (exact) mass is 471 g/mol. The standard InChI is InChI=1S/C28H25NO6/c1-17-6-4-7-19(14-17)25-24(26(31)20-8-5-9-22(16-20)34-2)27(32)28(33)29(25)21-12-10-18(11-13-21)15-23(30)35-3/h4-14,16,25,31H,15H2,1-3H3/b26-24-. The van der Waals surface area contributed by atoms with Crippen molar-refractivity contribution in [1.29, 1.82) is 0 Å². The zero-order chi connectivity index (χ0) is 25.1. The Kier molecular flexibility index (Phi) is 6.68. The van der Waals surface area contributed by atoms with Crippen molar-refractivity contribution in [3.8, 4) is 5.75 Å². The van der Waals surface area contributed by atoms with Crippen LogP contribution < -0.4 is 9.64 Å². The van der Waals surface area contributed by atoms with Gasteiger partial charge in [0.2, 0.25) is 0 Å². The summed E-state index contributed by atoms with van der Waals surface area (Å²) in [4.78, 5) is 39.6. The summed E-state index contributed by atoms with van der Waals surface area (Å²) < 4.78 is 9.96. The average Bonchev–Trinajstić information content (AvgIpc) is 3.14. The summed E-state index contributed by atoms with van der Waals surface area (Å²) in [5, 5.41) is 11.2. The van der Waals surface area contributed by atoms with Crippen LogP contribution in [0.15, 0.2) is 78.4 Å². The number of aliphatic hydroxyl groups excluding tert-OH is 1. The highest BCUT2D eigenvalue weighted by Gasteiger charge is 2.47. The molecule has 1 unspecified atom stereocenters. The van der Waals surface area contributed by atoms with Crippen molar-refractivity contribution in [3.05, 3.63) is 101 Å². The summed E-state index contributed by atoms with van der Waals surface area (Å²) in [6.45, 7) is 1.92. The van der Waals surface area contributed by atoms with E-state index < -0.39 is 17.7 Å². The number of methoxy groups -OCH3 is 2. The number of ketones is 1. The Balaban J connectivity index is 1.86. The summed E-state index contributed by atoms with van der Waals surface area (Å²) in [6.07, 6.45) is 0.0900. The Hall–Kier alpha value is -4.39. The molecule has 1 atom stereocenters.